The van der Waals surface area contributed by atoms with E-state index in [0.717, 1.165) is 35.0 Å². The van der Waals surface area contributed by atoms with Crippen molar-refractivity contribution in [1.82, 2.24) is 20.2 Å². The molecule has 0 saturated carbocycles. The molecule has 26 heavy (non-hydrogen) atoms. The Kier molecular flexibility index (Phi) is 5.67. The topological polar surface area (TPSA) is 93.1 Å². The normalized spacial score (nSPS) is 14.3. The molecule has 0 radical (unpaired) electrons. The largest absolute Gasteiger partial charge is 0.355 e. The number of nitrogens with zero attached hydrogens (tertiary/aromatic N) is 2. The summed E-state index contributed by atoms with van der Waals surface area (Å²) in [6.45, 7) is 3.98. The molecule has 3 rings (SSSR count). The highest BCUT2D eigenvalue weighted by molar-refractivity contribution is 7.99. The molecule has 2 aromatic rings. The molecule has 0 fully saturated rings. The first-order valence-corrected chi connectivity index (χ1v) is 10.4. The number of likely N-dealkylation sites (N-methyl/N-ethyl adjacent to an activating group) is 1. The lowest BCUT2D eigenvalue weighted by molar-refractivity contribution is -0.127. The van der Waals surface area contributed by atoms with Crippen LogP contribution in [0.25, 0.3) is 10.2 Å². The Morgan fingerprint density at radius 1 is 1.38 bits per heavy atom. The summed E-state index contributed by atoms with van der Waals surface area (Å²) in [5, 5.41) is 6.57. The van der Waals surface area contributed by atoms with E-state index in [4.69, 9.17) is 0 Å². The minimum Gasteiger partial charge on any atom is -0.355 e. The van der Waals surface area contributed by atoms with E-state index in [0.29, 0.717) is 11.7 Å². The van der Waals surface area contributed by atoms with Crippen molar-refractivity contribution >= 4 is 45.1 Å². The fourth-order valence-electron chi connectivity index (χ4n) is 3.04. The van der Waals surface area contributed by atoms with Gasteiger partial charge in [0.1, 0.15) is 10.9 Å². The smallest absolute Gasteiger partial charge is 0.262 e. The Hall–Kier alpha value is -1.87. The van der Waals surface area contributed by atoms with Gasteiger partial charge in [0.15, 0.2) is 5.16 Å². The molecule has 0 bridgehead atoms. The standard InChI is InChI=1S/C17H22N4O3S2/c1-4-18-14(23)9(2)19-12(22)8-25-17-20-15-13(16(24)21(17)3)10-6-5-7-11(10)26-15/h9H,4-8H2,1-3H3,(H,18,23)(H,19,22)/t9-/m1/s1. The second-order valence-electron chi connectivity index (χ2n) is 6.27. The van der Waals surface area contributed by atoms with Crippen molar-refractivity contribution in [3.05, 3.63) is 20.8 Å². The van der Waals surface area contributed by atoms with Crippen LogP contribution in [0.5, 0.6) is 0 Å². The highest BCUT2D eigenvalue weighted by atomic mass is 32.2. The summed E-state index contributed by atoms with van der Waals surface area (Å²) in [7, 11) is 1.69. The lowest BCUT2D eigenvalue weighted by atomic mass is 10.2. The summed E-state index contributed by atoms with van der Waals surface area (Å²) >= 11 is 2.79. The van der Waals surface area contributed by atoms with Crippen LogP contribution >= 0.6 is 23.1 Å². The lowest BCUT2D eigenvalue weighted by Crippen LogP contribution is -2.45. The minimum absolute atomic E-state index is 0.0481. The summed E-state index contributed by atoms with van der Waals surface area (Å²) in [5.74, 6) is -0.386. The zero-order valence-electron chi connectivity index (χ0n) is 15.0. The summed E-state index contributed by atoms with van der Waals surface area (Å²) in [6.07, 6.45) is 3.06. The molecular weight excluding hydrogens is 372 g/mol. The van der Waals surface area contributed by atoms with E-state index >= 15 is 0 Å². The second-order valence-corrected chi connectivity index (χ2v) is 8.29. The average Bonchev–Trinajstić information content (AvgIpc) is 3.17. The molecule has 0 saturated heterocycles. The Balaban J connectivity index is 1.71. The van der Waals surface area contributed by atoms with Gasteiger partial charge >= 0.3 is 0 Å². The van der Waals surface area contributed by atoms with Gasteiger partial charge in [0.2, 0.25) is 11.8 Å². The molecule has 1 aliphatic rings. The molecule has 0 unspecified atom stereocenters. The number of carbonyl (C=O) groups is 2. The molecular formula is C17H22N4O3S2. The Bertz CT molecular complexity index is 919. The van der Waals surface area contributed by atoms with Gasteiger partial charge in [0.25, 0.3) is 5.56 Å². The second kappa shape index (κ2) is 7.79. The molecule has 7 nitrogen and oxygen atoms in total. The number of carbonyl (C=O) groups excluding carboxylic acids is 2. The average molecular weight is 395 g/mol. The van der Waals surface area contributed by atoms with Gasteiger partial charge in [0, 0.05) is 18.5 Å². The number of thioether (sulfide) groups is 1. The maximum Gasteiger partial charge on any atom is 0.262 e. The molecule has 0 aromatic carbocycles. The van der Waals surface area contributed by atoms with Crippen LogP contribution in [0.3, 0.4) is 0 Å². The van der Waals surface area contributed by atoms with E-state index in [-0.39, 0.29) is 23.1 Å². The van der Waals surface area contributed by atoms with Crippen molar-refractivity contribution in [3.8, 4) is 0 Å². The van der Waals surface area contributed by atoms with Gasteiger partial charge in [-0.25, -0.2) is 4.98 Å². The van der Waals surface area contributed by atoms with Crippen molar-refractivity contribution < 1.29 is 9.59 Å². The number of aromatic nitrogens is 2. The number of amides is 2. The molecule has 2 N–H and O–H groups in total. The Morgan fingerprint density at radius 2 is 2.15 bits per heavy atom. The fourth-order valence-corrected chi connectivity index (χ4v) is 5.13. The summed E-state index contributed by atoms with van der Waals surface area (Å²) in [4.78, 5) is 43.1. The van der Waals surface area contributed by atoms with Gasteiger partial charge in [-0.05, 0) is 38.7 Å². The van der Waals surface area contributed by atoms with Gasteiger partial charge in [0.05, 0.1) is 11.1 Å². The van der Waals surface area contributed by atoms with E-state index in [1.165, 1.54) is 21.2 Å². The highest BCUT2D eigenvalue weighted by Gasteiger charge is 2.23. The third-order valence-electron chi connectivity index (χ3n) is 4.36. The number of hydrogen-bond acceptors (Lipinski definition) is 6. The maximum absolute atomic E-state index is 12.7. The van der Waals surface area contributed by atoms with Crippen LogP contribution in [0.2, 0.25) is 0 Å². The van der Waals surface area contributed by atoms with Crippen molar-refractivity contribution in [2.75, 3.05) is 12.3 Å². The van der Waals surface area contributed by atoms with Crippen molar-refractivity contribution in [3.63, 3.8) is 0 Å². The molecule has 1 atom stereocenters. The quantitative estimate of drug-likeness (QED) is 0.568. The van der Waals surface area contributed by atoms with Gasteiger partial charge in [-0.1, -0.05) is 11.8 Å². The lowest BCUT2D eigenvalue weighted by Gasteiger charge is -2.13. The molecule has 2 aromatic heterocycles. The number of thiophene rings is 1. The summed E-state index contributed by atoms with van der Waals surface area (Å²) < 4.78 is 1.51. The highest BCUT2D eigenvalue weighted by Crippen LogP contribution is 2.35. The van der Waals surface area contributed by atoms with Gasteiger partial charge in [-0.3, -0.25) is 19.0 Å². The maximum atomic E-state index is 12.7. The van der Waals surface area contributed by atoms with Crippen LogP contribution in [0.4, 0.5) is 0 Å². The number of hydrogen-bond donors (Lipinski definition) is 2. The van der Waals surface area contributed by atoms with Crippen molar-refractivity contribution in [2.45, 2.75) is 44.3 Å². The van der Waals surface area contributed by atoms with Gasteiger partial charge in [-0.15, -0.1) is 11.3 Å². The van der Waals surface area contributed by atoms with Crippen molar-refractivity contribution in [2.24, 2.45) is 7.05 Å². The Morgan fingerprint density at radius 3 is 2.88 bits per heavy atom. The molecule has 9 heteroatoms. The monoisotopic (exact) mass is 394 g/mol. The number of nitrogens with one attached hydrogen (secondary N) is 2. The van der Waals surface area contributed by atoms with Gasteiger partial charge in [-0.2, -0.15) is 0 Å². The first-order chi connectivity index (χ1) is 12.4. The molecule has 2 heterocycles. The minimum atomic E-state index is -0.595. The van der Waals surface area contributed by atoms with Crippen LogP contribution in [0.1, 0.15) is 30.7 Å². The first kappa shape index (κ1) is 18.9. The molecule has 2 amide bonds. The number of aryl methyl sites for hydroxylation is 2. The zero-order chi connectivity index (χ0) is 18.8. The van der Waals surface area contributed by atoms with E-state index in [1.54, 1.807) is 25.3 Å². The molecule has 0 spiro atoms. The van der Waals surface area contributed by atoms with Crippen LogP contribution < -0.4 is 16.2 Å². The SMILES string of the molecule is CCNC(=O)[C@@H](C)NC(=O)CSc1nc2sc3c(c2c(=O)n1C)CCC3. The third kappa shape index (κ3) is 3.64. The number of rotatable bonds is 6. The third-order valence-corrected chi connectivity index (χ3v) is 6.58. The van der Waals surface area contributed by atoms with Crippen LogP contribution in [0, 0.1) is 0 Å². The predicted octanol–water partition coefficient (Wildman–Crippen LogP) is 1.22. The van der Waals surface area contributed by atoms with Crippen LogP contribution in [-0.4, -0.2) is 39.7 Å². The predicted molar refractivity (Wildman–Crippen MR) is 104 cm³/mol. The van der Waals surface area contributed by atoms with Crippen LogP contribution in [0.15, 0.2) is 9.95 Å². The van der Waals surface area contributed by atoms with E-state index in [9.17, 15) is 14.4 Å². The van der Waals surface area contributed by atoms with Crippen LogP contribution in [-0.2, 0) is 29.5 Å². The van der Waals surface area contributed by atoms with Gasteiger partial charge < -0.3 is 10.6 Å². The first-order valence-electron chi connectivity index (χ1n) is 8.63. The van der Waals surface area contributed by atoms with E-state index in [2.05, 4.69) is 15.6 Å². The molecule has 1 aliphatic carbocycles. The van der Waals surface area contributed by atoms with E-state index in [1.807, 2.05) is 6.92 Å². The molecule has 0 aliphatic heterocycles. The summed E-state index contributed by atoms with van der Waals surface area (Å²) in [5.41, 5.74) is 1.11. The number of fused-ring (bicyclic) bond motifs is 3. The van der Waals surface area contributed by atoms with Crippen molar-refractivity contribution in [1.29, 1.82) is 0 Å². The summed E-state index contributed by atoms with van der Waals surface area (Å²) in [6, 6.07) is -0.595. The zero-order valence-corrected chi connectivity index (χ0v) is 16.7. The van der Waals surface area contributed by atoms with E-state index < -0.39 is 6.04 Å². The Labute approximate surface area is 159 Å². The molecule has 140 valence electrons. The fraction of sp³-hybridized carbons (Fsp3) is 0.529.